The lowest BCUT2D eigenvalue weighted by Gasteiger charge is -2.13. The van der Waals surface area contributed by atoms with Crippen LogP contribution >= 0.6 is 0 Å². The van der Waals surface area contributed by atoms with Crippen LogP contribution in [0.25, 0.3) is 22.4 Å². The summed E-state index contributed by atoms with van der Waals surface area (Å²) in [5.74, 6) is 1.44. The number of nitrogens with zero attached hydrogens (tertiary/aromatic N) is 2. The molecule has 0 amide bonds. The predicted molar refractivity (Wildman–Crippen MR) is 83.8 cm³/mol. The van der Waals surface area contributed by atoms with Crippen molar-refractivity contribution in [3.8, 4) is 22.9 Å². The lowest BCUT2D eigenvalue weighted by molar-refractivity contribution is 0.373. The van der Waals surface area contributed by atoms with E-state index in [1.54, 1.807) is 12.1 Å². The summed E-state index contributed by atoms with van der Waals surface area (Å²) in [7, 11) is 1.54. The number of para-hydroxylation sites is 2. The Balaban J connectivity index is 2.24. The highest BCUT2D eigenvalue weighted by Gasteiger charge is 2.15. The number of rotatable bonds is 3. The molecule has 0 bridgehead atoms. The Bertz CT molecular complexity index is 791. The van der Waals surface area contributed by atoms with Gasteiger partial charge in [-0.15, -0.1) is 0 Å². The molecule has 0 fully saturated rings. The molecule has 0 unspecified atom stereocenters. The largest absolute Gasteiger partial charge is 0.504 e. The molecular weight excluding hydrogens is 264 g/mol. The molecule has 108 valence electrons. The Hall–Kier alpha value is -2.49. The number of aromatic nitrogens is 2. The number of methoxy groups -OCH3 is 1. The van der Waals surface area contributed by atoms with Gasteiger partial charge in [0.2, 0.25) is 0 Å². The van der Waals surface area contributed by atoms with E-state index in [-0.39, 0.29) is 11.8 Å². The minimum atomic E-state index is 0.123. The monoisotopic (exact) mass is 282 g/mol. The SMILES string of the molecule is COc1ccc(-c2nc3ccccc3n2C(C)C)cc1O. The van der Waals surface area contributed by atoms with E-state index >= 15 is 0 Å². The lowest BCUT2D eigenvalue weighted by Crippen LogP contribution is -2.03. The molecule has 0 aliphatic heterocycles. The molecule has 3 rings (SSSR count). The molecule has 4 heteroatoms. The molecule has 0 saturated heterocycles. The van der Waals surface area contributed by atoms with Crippen molar-refractivity contribution < 1.29 is 9.84 Å². The second-order valence-corrected chi connectivity index (χ2v) is 5.27. The quantitative estimate of drug-likeness (QED) is 0.790. The van der Waals surface area contributed by atoms with Crippen LogP contribution in [0.2, 0.25) is 0 Å². The summed E-state index contributed by atoms with van der Waals surface area (Å²) in [6.07, 6.45) is 0. The van der Waals surface area contributed by atoms with E-state index in [1.165, 1.54) is 7.11 Å². The minimum absolute atomic E-state index is 0.123. The molecule has 0 aliphatic carbocycles. The van der Waals surface area contributed by atoms with Crippen LogP contribution in [0.3, 0.4) is 0 Å². The Morgan fingerprint density at radius 3 is 2.57 bits per heavy atom. The van der Waals surface area contributed by atoms with Gasteiger partial charge < -0.3 is 14.4 Å². The summed E-state index contributed by atoms with van der Waals surface area (Å²) >= 11 is 0. The van der Waals surface area contributed by atoms with Gasteiger partial charge in [-0.3, -0.25) is 0 Å². The number of hydrogen-bond donors (Lipinski definition) is 1. The van der Waals surface area contributed by atoms with E-state index in [9.17, 15) is 5.11 Å². The van der Waals surface area contributed by atoms with Crippen molar-refractivity contribution in [3.05, 3.63) is 42.5 Å². The fourth-order valence-corrected chi connectivity index (χ4v) is 2.60. The Morgan fingerprint density at radius 1 is 1.14 bits per heavy atom. The third kappa shape index (κ3) is 2.23. The molecule has 3 aromatic rings. The highest BCUT2D eigenvalue weighted by atomic mass is 16.5. The third-order valence-corrected chi connectivity index (χ3v) is 3.55. The summed E-state index contributed by atoms with van der Waals surface area (Å²) in [5.41, 5.74) is 2.92. The van der Waals surface area contributed by atoms with Crippen molar-refractivity contribution in [2.24, 2.45) is 0 Å². The number of ether oxygens (including phenoxy) is 1. The maximum absolute atomic E-state index is 9.99. The molecule has 1 aromatic heterocycles. The van der Waals surface area contributed by atoms with Crippen molar-refractivity contribution in [3.63, 3.8) is 0 Å². The van der Waals surface area contributed by atoms with Gasteiger partial charge in [-0.25, -0.2) is 4.98 Å². The Labute approximate surface area is 123 Å². The van der Waals surface area contributed by atoms with Crippen molar-refractivity contribution in [2.45, 2.75) is 19.9 Å². The summed E-state index contributed by atoms with van der Waals surface area (Å²) in [6, 6.07) is 13.7. The Kier molecular flexibility index (Phi) is 3.29. The van der Waals surface area contributed by atoms with Gasteiger partial charge in [-0.1, -0.05) is 12.1 Å². The third-order valence-electron chi connectivity index (χ3n) is 3.55. The fourth-order valence-electron chi connectivity index (χ4n) is 2.60. The number of hydrogen-bond acceptors (Lipinski definition) is 3. The predicted octanol–water partition coefficient (Wildman–Crippen LogP) is 4.00. The van der Waals surface area contributed by atoms with E-state index in [1.807, 2.05) is 24.3 Å². The molecule has 4 nitrogen and oxygen atoms in total. The maximum atomic E-state index is 9.99. The minimum Gasteiger partial charge on any atom is -0.504 e. The summed E-state index contributed by atoms with van der Waals surface area (Å²) in [4.78, 5) is 4.71. The van der Waals surface area contributed by atoms with Crippen LogP contribution in [0.15, 0.2) is 42.5 Å². The van der Waals surface area contributed by atoms with Crippen molar-refractivity contribution in [2.75, 3.05) is 7.11 Å². The highest BCUT2D eigenvalue weighted by molar-refractivity contribution is 5.81. The average molecular weight is 282 g/mol. The van der Waals surface area contributed by atoms with Crippen LogP contribution in [-0.2, 0) is 0 Å². The van der Waals surface area contributed by atoms with Gasteiger partial charge in [0, 0.05) is 11.6 Å². The van der Waals surface area contributed by atoms with Crippen LogP contribution in [0.5, 0.6) is 11.5 Å². The van der Waals surface area contributed by atoms with Crippen LogP contribution in [0, 0.1) is 0 Å². The molecule has 0 atom stereocenters. The van der Waals surface area contributed by atoms with E-state index < -0.39 is 0 Å². The molecule has 21 heavy (non-hydrogen) atoms. The second kappa shape index (κ2) is 5.13. The number of fused-ring (bicyclic) bond motifs is 1. The van der Waals surface area contributed by atoms with E-state index in [4.69, 9.17) is 9.72 Å². The average Bonchev–Trinajstić information content (AvgIpc) is 2.86. The molecule has 0 saturated carbocycles. The van der Waals surface area contributed by atoms with Gasteiger partial charge in [0.05, 0.1) is 18.1 Å². The number of imidazole rings is 1. The van der Waals surface area contributed by atoms with Crippen LogP contribution in [-0.4, -0.2) is 21.8 Å². The molecule has 2 aromatic carbocycles. The topological polar surface area (TPSA) is 47.3 Å². The van der Waals surface area contributed by atoms with Gasteiger partial charge in [-0.05, 0) is 44.2 Å². The molecule has 0 radical (unpaired) electrons. The molecule has 1 heterocycles. The first-order chi connectivity index (χ1) is 10.1. The first kappa shape index (κ1) is 13.5. The van der Waals surface area contributed by atoms with Gasteiger partial charge in [-0.2, -0.15) is 0 Å². The summed E-state index contributed by atoms with van der Waals surface area (Å²) < 4.78 is 7.27. The molecule has 0 aliphatic rings. The van der Waals surface area contributed by atoms with Crippen molar-refractivity contribution in [1.82, 2.24) is 9.55 Å². The zero-order valence-electron chi connectivity index (χ0n) is 12.4. The van der Waals surface area contributed by atoms with Crippen LogP contribution in [0.4, 0.5) is 0 Å². The second-order valence-electron chi connectivity index (χ2n) is 5.27. The smallest absolute Gasteiger partial charge is 0.160 e. The van der Waals surface area contributed by atoms with Gasteiger partial charge in [0.15, 0.2) is 11.5 Å². The molecular formula is C17H18N2O2. The van der Waals surface area contributed by atoms with Gasteiger partial charge in [0.1, 0.15) is 5.82 Å². The molecule has 0 spiro atoms. The van der Waals surface area contributed by atoms with Crippen LogP contribution < -0.4 is 4.74 Å². The first-order valence-corrected chi connectivity index (χ1v) is 6.96. The normalized spacial score (nSPS) is 11.2. The lowest BCUT2D eigenvalue weighted by atomic mass is 10.2. The van der Waals surface area contributed by atoms with E-state index in [0.29, 0.717) is 5.75 Å². The van der Waals surface area contributed by atoms with E-state index in [0.717, 1.165) is 22.4 Å². The number of benzene rings is 2. The van der Waals surface area contributed by atoms with Crippen LogP contribution in [0.1, 0.15) is 19.9 Å². The standard InChI is InChI=1S/C17H18N2O2/c1-11(2)19-14-7-5-4-6-13(14)18-17(19)12-8-9-16(21-3)15(20)10-12/h4-11,20H,1-3H3. The first-order valence-electron chi connectivity index (χ1n) is 6.96. The highest BCUT2D eigenvalue weighted by Crippen LogP contribution is 2.33. The summed E-state index contributed by atoms with van der Waals surface area (Å²) in [5, 5.41) is 9.99. The zero-order valence-corrected chi connectivity index (χ0v) is 12.4. The number of phenolic OH excluding ortho intramolecular Hbond substituents is 1. The maximum Gasteiger partial charge on any atom is 0.160 e. The Morgan fingerprint density at radius 2 is 1.90 bits per heavy atom. The number of phenols is 1. The fraction of sp³-hybridized carbons (Fsp3) is 0.235. The number of aromatic hydroxyl groups is 1. The van der Waals surface area contributed by atoms with Gasteiger partial charge >= 0.3 is 0 Å². The zero-order chi connectivity index (χ0) is 15.0. The van der Waals surface area contributed by atoms with E-state index in [2.05, 4.69) is 24.5 Å². The summed E-state index contributed by atoms with van der Waals surface area (Å²) in [6.45, 7) is 4.25. The molecule has 1 N–H and O–H groups in total. The van der Waals surface area contributed by atoms with Crippen molar-refractivity contribution >= 4 is 11.0 Å². The van der Waals surface area contributed by atoms with Crippen molar-refractivity contribution in [1.29, 1.82) is 0 Å². The van der Waals surface area contributed by atoms with Gasteiger partial charge in [0.25, 0.3) is 0 Å².